The monoisotopic (exact) mass is 349 g/mol. The van der Waals surface area contributed by atoms with Gasteiger partial charge in [-0.25, -0.2) is 0 Å². The molecule has 8 heteroatoms. The van der Waals surface area contributed by atoms with Crippen LogP contribution in [0.3, 0.4) is 0 Å². The molecule has 7 nitrogen and oxygen atoms in total. The van der Waals surface area contributed by atoms with E-state index in [9.17, 15) is 9.59 Å². The van der Waals surface area contributed by atoms with Crippen molar-refractivity contribution >= 4 is 35.0 Å². The zero-order valence-electron chi connectivity index (χ0n) is 13.3. The maximum Gasteiger partial charge on any atom is 0.305 e. The van der Waals surface area contributed by atoms with Gasteiger partial charge in [0.05, 0.1) is 19.2 Å². The molecule has 1 fully saturated rings. The summed E-state index contributed by atoms with van der Waals surface area (Å²) < 4.78 is 5.57. The molecule has 1 amide bonds. The van der Waals surface area contributed by atoms with E-state index < -0.39 is 11.2 Å². The summed E-state index contributed by atoms with van der Waals surface area (Å²) in [5.41, 5.74) is 0.846. The first-order chi connectivity index (χ1) is 11.6. The van der Waals surface area contributed by atoms with Crippen molar-refractivity contribution < 1.29 is 19.4 Å². The SMILES string of the molecule is CCCCOc1ccc(C=NN=C2NC(=O)[C@H](CC(=O)O)S2)cc1. The first-order valence-corrected chi connectivity index (χ1v) is 8.49. The Morgan fingerprint density at radius 2 is 2.17 bits per heavy atom. The quantitative estimate of drug-likeness (QED) is 0.426. The highest BCUT2D eigenvalue weighted by atomic mass is 32.2. The van der Waals surface area contributed by atoms with E-state index in [4.69, 9.17) is 9.84 Å². The van der Waals surface area contributed by atoms with Crippen LogP contribution in [0.5, 0.6) is 5.75 Å². The van der Waals surface area contributed by atoms with Gasteiger partial charge < -0.3 is 15.2 Å². The predicted octanol–water partition coefficient (Wildman–Crippen LogP) is 2.26. The van der Waals surface area contributed by atoms with Gasteiger partial charge in [0.25, 0.3) is 0 Å². The maximum absolute atomic E-state index is 11.6. The zero-order chi connectivity index (χ0) is 17.4. The van der Waals surface area contributed by atoms with Crippen LogP contribution in [0, 0.1) is 0 Å². The Hall–Kier alpha value is -2.35. The normalized spacial score (nSPS) is 19.0. The molecule has 1 aliphatic heterocycles. The molecule has 1 saturated heterocycles. The van der Waals surface area contributed by atoms with E-state index in [1.54, 1.807) is 6.21 Å². The van der Waals surface area contributed by atoms with Crippen molar-refractivity contribution in [2.24, 2.45) is 10.2 Å². The number of amidine groups is 1. The van der Waals surface area contributed by atoms with Crippen LogP contribution in [0.25, 0.3) is 0 Å². The van der Waals surface area contributed by atoms with Crippen LogP contribution in [-0.4, -0.2) is 40.2 Å². The number of ether oxygens (including phenoxy) is 1. The molecule has 1 aliphatic rings. The van der Waals surface area contributed by atoms with E-state index >= 15 is 0 Å². The van der Waals surface area contributed by atoms with E-state index in [2.05, 4.69) is 22.4 Å². The molecule has 0 aromatic heterocycles. The summed E-state index contributed by atoms with van der Waals surface area (Å²) in [5.74, 6) is -0.569. The van der Waals surface area contributed by atoms with Crippen molar-refractivity contribution in [3.63, 3.8) is 0 Å². The number of thioether (sulfide) groups is 1. The van der Waals surface area contributed by atoms with E-state index in [1.165, 1.54) is 0 Å². The predicted molar refractivity (Wildman–Crippen MR) is 93.6 cm³/mol. The number of aliphatic carboxylic acids is 1. The zero-order valence-corrected chi connectivity index (χ0v) is 14.1. The van der Waals surface area contributed by atoms with Gasteiger partial charge in [0.1, 0.15) is 11.0 Å². The topological polar surface area (TPSA) is 100 Å². The Kier molecular flexibility index (Phi) is 6.80. The van der Waals surface area contributed by atoms with Crippen molar-refractivity contribution in [3.05, 3.63) is 29.8 Å². The van der Waals surface area contributed by atoms with Crippen LogP contribution in [0.2, 0.25) is 0 Å². The number of rotatable bonds is 8. The Morgan fingerprint density at radius 3 is 2.83 bits per heavy atom. The maximum atomic E-state index is 11.6. The smallest absolute Gasteiger partial charge is 0.305 e. The van der Waals surface area contributed by atoms with Crippen molar-refractivity contribution in [1.29, 1.82) is 0 Å². The van der Waals surface area contributed by atoms with Crippen molar-refractivity contribution in [2.75, 3.05) is 6.61 Å². The Labute approximate surface area is 144 Å². The number of carboxylic acid groups (broad SMARTS) is 1. The molecule has 0 aliphatic carbocycles. The molecular weight excluding hydrogens is 330 g/mol. The lowest BCUT2D eigenvalue weighted by Crippen LogP contribution is -2.26. The summed E-state index contributed by atoms with van der Waals surface area (Å²) in [4.78, 5) is 22.2. The second kappa shape index (κ2) is 9.07. The van der Waals surface area contributed by atoms with Gasteiger partial charge in [-0.05, 0) is 36.2 Å². The Balaban J connectivity index is 1.87. The highest BCUT2D eigenvalue weighted by molar-refractivity contribution is 8.15. The largest absolute Gasteiger partial charge is 0.494 e. The van der Waals surface area contributed by atoms with Gasteiger partial charge in [0.2, 0.25) is 5.91 Å². The lowest BCUT2D eigenvalue weighted by atomic mass is 10.2. The number of unbranched alkanes of at least 4 members (excludes halogenated alkanes) is 1. The molecule has 128 valence electrons. The summed E-state index contributed by atoms with van der Waals surface area (Å²) in [6.45, 7) is 2.81. The van der Waals surface area contributed by atoms with Gasteiger partial charge in [-0.3, -0.25) is 9.59 Å². The lowest BCUT2D eigenvalue weighted by Gasteiger charge is -2.04. The molecule has 0 bridgehead atoms. The molecule has 0 spiro atoms. The fourth-order valence-corrected chi connectivity index (χ4v) is 2.79. The van der Waals surface area contributed by atoms with Crippen LogP contribution >= 0.6 is 11.8 Å². The van der Waals surface area contributed by atoms with Gasteiger partial charge in [-0.2, -0.15) is 5.10 Å². The molecule has 2 rings (SSSR count). The molecule has 1 heterocycles. The number of carboxylic acids is 1. The first kappa shape index (κ1) is 18.0. The molecule has 0 unspecified atom stereocenters. The summed E-state index contributed by atoms with van der Waals surface area (Å²) in [6.07, 6.45) is 3.43. The van der Waals surface area contributed by atoms with Crippen LogP contribution in [0.4, 0.5) is 0 Å². The third-order valence-corrected chi connectivity index (χ3v) is 4.21. The Morgan fingerprint density at radius 1 is 1.42 bits per heavy atom. The number of nitrogens with zero attached hydrogens (tertiary/aromatic N) is 2. The number of nitrogens with one attached hydrogen (secondary N) is 1. The third-order valence-electron chi connectivity index (χ3n) is 3.14. The minimum absolute atomic E-state index is 0.237. The number of hydrogen-bond acceptors (Lipinski definition) is 6. The number of amides is 1. The van der Waals surface area contributed by atoms with Crippen molar-refractivity contribution in [1.82, 2.24) is 5.32 Å². The summed E-state index contributed by atoms with van der Waals surface area (Å²) >= 11 is 1.07. The second-order valence-corrected chi connectivity index (χ2v) is 6.31. The van der Waals surface area contributed by atoms with E-state index in [0.29, 0.717) is 11.8 Å². The molecule has 0 radical (unpaired) electrons. The Bertz CT molecular complexity index is 643. The van der Waals surface area contributed by atoms with Crippen LogP contribution in [0.1, 0.15) is 31.7 Å². The van der Waals surface area contributed by atoms with E-state index in [1.807, 2.05) is 24.3 Å². The first-order valence-electron chi connectivity index (χ1n) is 7.61. The van der Waals surface area contributed by atoms with E-state index in [0.717, 1.165) is 35.9 Å². The number of carbonyl (C=O) groups is 2. The van der Waals surface area contributed by atoms with Crippen LogP contribution in [0.15, 0.2) is 34.5 Å². The van der Waals surface area contributed by atoms with Crippen molar-refractivity contribution in [3.8, 4) is 5.75 Å². The molecular formula is C16H19N3O4S. The second-order valence-electron chi connectivity index (χ2n) is 5.11. The molecule has 2 N–H and O–H groups in total. The number of benzene rings is 1. The average Bonchev–Trinajstić information content (AvgIpc) is 2.88. The van der Waals surface area contributed by atoms with Crippen LogP contribution < -0.4 is 10.1 Å². The standard InChI is InChI=1S/C16H19N3O4S/c1-2-3-8-23-12-6-4-11(5-7-12)10-17-19-16-18-15(22)13(24-16)9-14(20)21/h4-7,10,13H,2-3,8-9H2,1H3,(H,20,21)(H,18,19,22)/t13-/m0/s1. The van der Waals surface area contributed by atoms with Gasteiger partial charge in [0, 0.05) is 0 Å². The molecule has 1 aromatic carbocycles. The van der Waals surface area contributed by atoms with Gasteiger partial charge in [-0.15, -0.1) is 5.10 Å². The summed E-state index contributed by atoms with van der Waals surface area (Å²) in [6, 6.07) is 7.44. The van der Waals surface area contributed by atoms with Crippen LogP contribution in [-0.2, 0) is 9.59 Å². The highest BCUT2D eigenvalue weighted by Gasteiger charge is 2.32. The van der Waals surface area contributed by atoms with Gasteiger partial charge >= 0.3 is 5.97 Å². The molecule has 0 saturated carbocycles. The fraction of sp³-hybridized carbons (Fsp3) is 0.375. The average molecular weight is 349 g/mol. The minimum atomic E-state index is -1.02. The van der Waals surface area contributed by atoms with E-state index in [-0.39, 0.29) is 12.3 Å². The number of hydrogen-bond donors (Lipinski definition) is 2. The van der Waals surface area contributed by atoms with Crippen molar-refractivity contribution in [2.45, 2.75) is 31.4 Å². The third kappa shape index (κ3) is 5.69. The lowest BCUT2D eigenvalue weighted by molar-refractivity contribution is -0.138. The molecule has 24 heavy (non-hydrogen) atoms. The number of carbonyl (C=O) groups excluding carboxylic acids is 1. The molecule has 1 aromatic rings. The minimum Gasteiger partial charge on any atom is -0.494 e. The molecule has 1 atom stereocenters. The summed E-state index contributed by atoms with van der Waals surface area (Å²) in [7, 11) is 0. The highest BCUT2D eigenvalue weighted by Crippen LogP contribution is 2.22. The van der Waals surface area contributed by atoms with Gasteiger partial charge in [-0.1, -0.05) is 25.1 Å². The van der Waals surface area contributed by atoms with Gasteiger partial charge in [0.15, 0.2) is 5.17 Å². The summed E-state index contributed by atoms with van der Waals surface area (Å²) in [5, 5.41) is 18.7. The fourth-order valence-electron chi connectivity index (χ4n) is 1.88.